The van der Waals surface area contributed by atoms with E-state index in [2.05, 4.69) is 65.1 Å². The van der Waals surface area contributed by atoms with Crippen molar-refractivity contribution in [1.82, 2.24) is 4.90 Å². The molecular weight excluding hydrogens is 290 g/mol. The molecule has 1 aromatic carbocycles. The van der Waals surface area contributed by atoms with Crippen LogP contribution < -0.4 is 10.6 Å². The molecule has 18 heavy (non-hydrogen) atoms. The molecule has 0 radical (unpaired) electrons. The molecule has 1 saturated heterocycles. The highest BCUT2D eigenvalue weighted by atomic mass is 79.9. The Balaban J connectivity index is 2.26. The monoisotopic (exact) mass is 311 g/mol. The topological polar surface area (TPSA) is 32.5 Å². The zero-order valence-corrected chi connectivity index (χ0v) is 12.9. The quantitative estimate of drug-likeness (QED) is 0.930. The first-order chi connectivity index (χ1) is 8.52. The van der Waals surface area contributed by atoms with Gasteiger partial charge in [-0.1, -0.05) is 6.07 Å². The van der Waals surface area contributed by atoms with E-state index in [1.807, 2.05) is 0 Å². The van der Waals surface area contributed by atoms with Gasteiger partial charge in [0, 0.05) is 31.2 Å². The number of nitrogens with zero attached hydrogens (tertiary/aromatic N) is 2. The summed E-state index contributed by atoms with van der Waals surface area (Å²) in [7, 11) is 6.34. The number of likely N-dealkylation sites (tertiary alicyclic amines) is 1. The molecule has 0 spiro atoms. The molecule has 3 nitrogen and oxygen atoms in total. The summed E-state index contributed by atoms with van der Waals surface area (Å²) in [5.74, 6) is 0.631. The first-order valence-electron chi connectivity index (χ1n) is 6.40. The highest BCUT2D eigenvalue weighted by Crippen LogP contribution is 2.36. The van der Waals surface area contributed by atoms with Crippen LogP contribution in [0.3, 0.4) is 0 Å². The highest BCUT2D eigenvalue weighted by Gasteiger charge is 2.29. The molecule has 0 aromatic heterocycles. The lowest BCUT2D eigenvalue weighted by atomic mass is 9.99. The van der Waals surface area contributed by atoms with Crippen LogP contribution in [-0.2, 0) is 0 Å². The average molecular weight is 312 g/mol. The van der Waals surface area contributed by atoms with Crippen molar-refractivity contribution in [2.45, 2.75) is 12.5 Å². The number of rotatable bonds is 3. The Morgan fingerprint density at radius 1 is 1.44 bits per heavy atom. The van der Waals surface area contributed by atoms with Gasteiger partial charge in [0.2, 0.25) is 0 Å². The smallest absolute Gasteiger partial charge is 0.0508 e. The minimum atomic E-state index is 0.505. The second-order valence-electron chi connectivity index (χ2n) is 5.40. The van der Waals surface area contributed by atoms with E-state index in [9.17, 15) is 0 Å². The zero-order chi connectivity index (χ0) is 13.3. The summed E-state index contributed by atoms with van der Waals surface area (Å²) in [6.45, 7) is 1.90. The average Bonchev–Trinajstić information content (AvgIpc) is 2.71. The second kappa shape index (κ2) is 5.59. The van der Waals surface area contributed by atoms with E-state index in [0.29, 0.717) is 12.0 Å². The van der Waals surface area contributed by atoms with Gasteiger partial charge in [-0.2, -0.15) is 0 Å². The van der Waals surface area contributed by atoms with Crippen LogP contribution in [0.1, 0.15) is 18.0 Å². The molecule has 1 fully saturated rings. The van der Waals surface area contributed by atoms with Crippen molar-refractivity contribution >= 4 is 21.6 Å². The molecular formula is C14H22BrN3. The molecule has 0 bridgehead atoms. The van der Waals surface area contributed by atoms with Crippen LogP contribution in [0.2, 0.25) is 0 Å². The van der Waals surface area contributed by atoms with Crippen molar-refractivity contribution in [1.29, 1.82) is 0 Å². The predicted octanol–water partition coefficient (Wildman–Crippen LogP) is 2.47. The highest BCUT2D eigenvalue weighted by molar-refractivity contribution is 9.10. The van der Waals surface area contributed by atoms with Crippen LogP contribution in [-0.4, -0.2) is 39.1 Å². The third-order valence-electron chi connectivity index (χ3n) is 3.80. The zero-order valence-electron chi connectivity index (χ0n) is 11.4. The van der Waals surface area contributed by atoms with Crippen LogP contribution >= 0.6 is 15.9 Å². The van der Waals surface area contributed by atoms with Gasteiger partial charge in [-0.05, 0) is 59.6 Å². The number of anilines is 1. The molecule has 1 aliphatic rings. The van der Waals surface area contributed by atoms with Gasteiger partial charge in [0.15, 0.2) is 0 Å². The Hall–Kier alpha value is -0.580. The maximum absolute atomic E-state index is 5.80. The molecule has 0 aliphatic carbocycles. The minimum absolute atomic E-state index is 0.505. The lowest BCUT2D eigenvalue weighted by Gasteiger charge is -2.22. The van der Waals surface area contributed by atoms with Gasteiger partial charge in [0.25, 0.3) is 0 Å². The molecule has 100 valence electrons. The predicted molar refractivity (Wildman–Crippen MR) is 81.0 cm³/mol. The lowest BCUT2D eigenvalue weighted by molar-refractivity contribution is 0.313. The van der Waals surface area contributed by atoms with Crippen LogP contribution in [0, 0.1) is 5.92 Å². The standard InChI is InChI=1S/C14H22BrN3/c1-17(2)14-7-11(4-5-12(14)15)13-6-10(8-16)9-18(13)3/h4-5,7,10,13H,6,8-9,16H2,1-3H3. The largest absolute Gasteiger partial charge is 0.377 e. The van der Waals surface area contributed by atoms with E-state index in [1.165, 1.54) is 17.7 Å². The van der Waals surface area contributed by atoms with Crippen LogP contribution in [0.15, 0.2) is 22.7 Å². The molecule has 2 atom stereocenters. The van der Waals surface area contributed by atoms with E-state index < -0.39 is 0 Å². The third-order valence-corrected chi connectivity index (χ3v) is 4.48. The van der Waals surface area contributed by atoms with Crippen molar-refractivity contribution in [3.8, 4) is 0 Å². The summed E-state index contributed by atoms with van der Waals surface area (Å²) < 4.78 is 1.15. The van der Waals surface area contributed by atoms with Crippen LogP contribution in [0.5, 0.6) is 0 Å². The van der Waals surface area contributed by atoms with Gasteiger partial charge in [-0.3, -0.25) is 4.90 Å². The number of hydrogen-bond donors (Lipinski definition) is 1. The Bertz CT molecular complexity index is 420. The van der Waals surface area contributed by atoms with Gasteiger partial charge in [-0.15, -0.1) is 0 Å². The molecule has 2 N–H and O–H groups in total. The summed E-state index contributed by atoms with van der Waals surface area (Å²) in [5.41, 5.74) is 8.42. The van der Waals surface area contributed by atoms with Gasteiger partial charge < -0.3 is 10.6 Å². The summed E-state index contributed by atoms with van der Waals surface area (Å²) in [5, 5.41) is 0. The summed E-state index contributed by atoms with van der Waals surface area (Å²) in [4.78, 5) is 4.56. The van der Waals surface area contributed by atoms with Crippen molar-refractivity contribution in [3.05, 3.63) is 28.2 Å². The molecule has 1 heterocycles. The SMILES string of the molecule is CN(C)c1cc(C2CC(CN)CN2C)ccc1Br. The Morgan fingerprint density at radius 3 is 2.72 bits per heavy atom. The fourth-order valence-corrected chi connectivity index (χ4v) is 3.35. The van der Waals surface area contributed by atoms with Crippen molar-refractivity contribution in [2.75, 3.05) is 39.1 Å². The fourth-order valence-electron chi connectivity index (χ4n) is 2.75. The van der Waals surface area contributed by atoms with Crippen molar-refractivity contribution < 1.29 is 0 Å². The van der Waals surface area contributed by atoms with Crippen molar-refractivity contribution in [2.24, 2.45) is 11.7 Å². The third kappa shape index (κ3) is 2.71. The molecule has 2 rings (SSSR count). The summed E-state index contributed by atoms with van der Waals surface area (Å²) in [6.07, 6.45) is 1.17. The minimum Gasteiger partial charge on any atom is -0.377 e. The first-order valence-corrected chi connectivity index (χ1v) is 7.19. The van der Waals surface area contributed by atoms with Crippen LogP contribution in [0.25, 0.3) is 0 Å². The fraction of sp³-hybridized carbons (Fsp3) is 0.571. The molecule has 1 aliphatic heterocycles. The number of benzene rings is 1. The molecule has 0 amide bonds. The van der Waals surface area contributed by atoms with Gasteiger partial charge in [0.1, 0.15) is 0 Å². The number of halogens is 1. The molecule has 4 heteroatoms. The maximum atomic E-state index is 5.80. The second-order valence-corrected chi connectivity index (χ2v) is 6.25. The maximum Gasteiger partial charge on any atom is 0.0508 e. The Kier molecular flexibility index (Phi) is 4.30. The lowest BCUT2D eigenvalue weighted by Crippen LogP contribution is -2.20. The molecule has 1 aromatic rings. The van der Waals surface area contributed by atoms with Crippen LogP contribution in [0.4, 0.5) is 5.69 Å². The molecule has 2 unspecified atom stereocenters. The summed E-state index contributed by atoms with van der Waals surface area (Å²) >= 11 is 3.60. The van der Waals surface area contributed by atoms with E-state index >= 15 is 0 Å². The normalized spacial score (nSPS) is 24.5. The van der Waals surface area contributed by atoms with Gasteiger partial charge in [0.05, 0.1) is 5.69 Å². The Morgan fingerprint density at radius 2 is 2.17 bits per heavy atom. The first kappa shape index (κ1) is 13.8. The number of nitrogens with two attached hydrogens (primary N) is 1. The van der Waals surface area contributed by atoms with E-state index in [4.69, 9.17) is 5.73 Å². The van der Waals surface area contributed by atoms with Gasteiger partial charge in [-0.25, -0.2) is 0 Å². The Labute approximate surface area is 118 Å². The molecule has 0 saturated carbocycles. The van der Waals surface area contributed by atoms with E-state index in [-0.39, 0.29) is 0 Å². The van der Waals surface area contributed by atoms with E-state index in [1.54, 1.807) is 0 Å². The van der Waals surface area contributed by atoms with E-state index in [0.717, 1.165) is 17.6 Å². The van der Waals surface area contributed by atoms with Gasteiger partial charge >= 0.3 is 0 Å². The number of hydrogen-bond acceptors (Lipinski definition) is 3. The van der Waals surface area contributed by atoms with Crippen molar-refractivity contribution in [3.63, 3.8) is 0 Å². The summed E-state index contributed by atoms with van der Waals surface area (Å²) in [6, 6.07) is 7.15.